The highest BCUT2D eigenvalue weighted by Gasteiger charge is 2.18. The Morgan fingerprint density at radius 3 is 2.18 bits per heavy atom. The van der Waals surface area contributed by atoms with Gasteiger partial charge in [0.2, 0.25) is 0 Å². The van der Waals surface area contributed by atoms with Crippen molar-refractivity contribution in [3.05, 3.63) is 65.2 Å². The van der Waals surface area contributed by atoms with E-state index in [1.165, 1.54) is 33.9 Å². The Kier molecular flexibility index (Phi) is 5.67. The molecule has 3 aromatic rings. The van der Waals surface area contributed by atoms with E-state index in [4.69, 9.17) is 0 Å². The van der Waals surface area contributed by atoms with Gasteiger partial charge in [0.15, 0.2) is 9.84 Å². The van der Waals surface area contributed by atoms with E-state index in [0.29, 0.717) is 17.3 Å². The van der Waals surface area contributed by atoms with Crippen LogP contribution in [0.15, 0.2) is 58.8 Å². The van der Waals surface area contributed by atoms with Gasteiger partial charge in [-0.2, -0.15) is 0 Å². The van der Waals surface area contributed by atoms with E-state index < -0.39 is 9.84 Å². The second-order valence-corrected chi connectivity index (χ2v) is 9.82. The number of hydrogen-bond acceptors (Lipinski definition) is 5. The number of amides is 1. The van der Waals surface area contributed by atoms with Gasteiger partial charge in [-0.1, -0.05) is 38.1 Å². The van der Waals surface area contributed by atoms with Crippen LogP contribution in [0.2, 0.25) is 0 Å². The Labute approximate surface area is 169 Å². The van der Waals surface area contributed by atoms with E-state index in [9.17, 15) is 13.2 Å². The topological polar surface area (TPSA) is 67.3 Å². The smallest absolute Gasteiger partial charge is 0.277 e. The fraction of sp³-hybridized carbons (Fsp3) is 0.238. The van der Waals surface area contributed by atoms with Crippen LogP contribution < -0.4 is 4.90 Å². The maximum atomic E-state index is 12.8. The third kappa shape index (κ3) is 4.31. The van der Waals surface area contributed by atoms with Crippen molar-refractivity contribution in [1.82, 2.24) is 4.98 Å². The summed E-state index contributed by atoms with van der Waals surface area (Å²) in [4.78, 5) is 18.9. The van der Waals surface area contributed by atoms with E-state index in [0.717, 1.165) is 16.8 Å². The van der Waals surface area contributed by atoms with Gasteiger partial charge in [0.25, 0.3) is 5.91 Å². The van der Waals surface area contributed by atoms with Crippen molar-refractivity contribution < 1.29 is 13.2 Å². The summed E-state index contributed by atoms with van der Waals surface area (Å²) in [6, 6.07) is 14.4. The van der Waals surface area contributed by atoms with E-state index in [1.54, 1.807) is 24.6 Å². The van der Waals surface area contributed by atoms with Crippen LogP contribution in [0.4, 0.5) is 5.69 Å². The zero-order valence-electron chi connectivity index (χ0n) is 16.2. The quantitative estimate of drug-likeness (QED) is 0.611. The van der Waals surface area contributed by atoms with Crippen molar-refractivity contribution in [2.45, 2.75) is 24.7 Å². The first-order chi connectivity index (χ1) is 13.2. The molecule has 1 amide bonds. The third-order valence-electron chi connectivity index (χ3n) is 4.50. The van der Waals surface area contributed by atoms with Crippen LogP contribution in [0.3, 0.4) is 0 Å². The van der Waals surface area contributed by atoms with Gasteiger partial charge in [-0.25, -0.2) is 13.4 Å². The molecule has 1 aromatic heterocycles. The first-order valence-electron chi connectivity index (χ1n) is 8.81. The molecule has 0 aliphatic carbocycles. The standard InChI is InChI=1S/C21H22N2O3S2/c1-14(2)15-5-7-16(8-6-15)20-22-19(13-27-20)21(24)23(3)17-9-11-18(12-10-17)28(4,25)26/h5-14H,1-4H3. The molecule has 5 nitrogen and oxygen atoms in total. The van der Waals surface area contributed by atoms with Crippen molar-refractivity contribution in [3.8, 4) is 10.6 Å². The Hall–Kier alpha value is -2.51. The Balaban J connectivity index is 1.79. The SMILES string of the molecule is CC(C)c1ccc(-c2nc(C(=O)N(C)c3ccc(S(C)(=O)=O)cc3)cs2)cc1. The number of anilines is 1. The van der Waals surface area contributed by atoms with Crippen molar-refractivity contribution in [1.29, 1.82) is 0 Å². The van der Waals surface area contributed by atoms with Gasteiger partial charge in [0.05, 0.1) is 4.90 Å². The molecule has 146 valence electrons. The van der Waals surface area contributed by atoms with Gasteiger partial charge >= 0.3 is 0 Å². The number of thiazole rings is 1. The molecular weight excluding hydrogens is 392 g/mol. The van der Waals surface area contributed by atoms with Crippen molar-refractivity contribution in [2.24, 2.45) is 0 Å². The van der Waals surface area contributed by atoms with E-state index >= 15 is 0 Å². The molecular formula is C21H22N2O3S2. The summed E-state index contributed by atoms with van der Waals surface area (Å²) >= 11 is 1.43. The molecule has 0 aliphatic rings. The molecule has 3 rings (SSSR count). The molecule has 0 unspecified atom stereocenters. The number of carbonyl (C=O) groups excluding carboxylic acids is 1. The van der Waals surface area contributed by atoms with Crippen molar-refractivity contribution in [2.75, 3.05) is 18.2 Å². The molecule has 0 bridgehead atoms. The summed E-state index contributed by atoms with van der Waals surface area (Å²) < 4.78 is 23.2. The van der Waals surface area contributed by atoms with Crippen LogP contribution in [-0.4, -0.2) is 32.6 Å². The number of benzene rings is 2. The van der Waals surface area contributed by atoms with Gasteiger partial charge in [-0.3, -0.25) is 4.79 Å². The van der Waals surface area contributed by atoms with Crippen LogP contribution in [0.25, 0.3) is 10.6 Å². The zero-order chi connectivity index (χ0) is 20.5. The maximum absolute atomic E-state index is 12.8. The molecule has 0 fully saturated rings. The molecule has 0 spiro atoms. The van der Waals surface area contributed by atoms with Crippen LogP contribution in [0.5, 0.6) is 0 Å². The van der Waals surface area contributed by atoms with Crippen LogP contribution >= 0.6 is 11.3 Å². The summed E-state index contributed by atoms with van der Waals surface area (Å²) in [5, 5.41) is 2.54. The van der Waals surface area contributed by atoms with Gasteiger partial charge in [-0.15, -0.1) is 11.3 Å². The average Bonchev–Trinajstić information content (AvgIpc) is 3.16. The number of rotatable bonds is 5. The largest absolute Gasteiger partial charge is 0.310 e. The molecule has 0 N–H and O–H groups in total. The second-order valence-electron chi connectivity index (χ2n) is 6.94. The molecule has 7 heteroatoms. The maximum Gasteiger partial charge on any atom is 0.277 e. The fourth-order valence-corrected chi connectivity index (χ4v) is 4.15. The van der Waals surface area contributed by atoms with E-state index in [2.05, 4.69) is 31.0 Å². The molecule has 0 atom stereocenters. The fourth-order valence-electron chi connectivity index (χ4n) is 2.72. The van der Waals surface area contributed by atoms with E-state index in [1.807, 2.05) is 12.1 Å². The minimum absolute atomic E-state index is 0.220. The summed E-state index contributed by atoms with van der Waals surface area (Å²) in [5.74, 6) is 0.221. The number of carbonyl (C=O) groups is 1. The molecule has 1 heterocycles. The number of hydrogen-bond donors (Lipinski definition) is 0. The molecule has 2 aromatic carbocycles. The van der Waals surface area contributed by atoms with Gasteiger partial charge in [0, 0.05) is 29.9 Å². The van der Waals surface area contributed by atoms with Crippen LogP contribution in [0, 0.1) is 0 Å². The van der Waals surface area contributed by atoms with Gasteiger partial charge in [0.1, 0.15) is 10.7 Å². The highest BCUT2D eigenvalue weighted by atomic mass is 32.2. The second kappa shape index (κ2) is 7.85. The minimum atomic E-state index is -3.27. The molecule has 0 saturated heterocycles. The first-order valence-corrected chi connectivity index (χ1v) is 11.6. The highest BCUT2D eigenvalue weighted by Crippen LogP contribution is 2.27. The number of sulfone groups is 1. The number of aromatic nitrogens is 1. The lowest BCUT2D eigenvalue weighted by Crippen LogP contribution is -2.26. The predicted molar refractivity (Wildman–Crippen MR) is 114 cm³/mol. The summed E-state index contributed by atoms with van der Waals surface area (Å²) in [6.45, 7) is 4.29. The Morgan fingerprint density at radius 2 is 1.64 bits per heavy atom. The predicted octanol–water partition coefficient (Wildman–Crippen LogP) is 4.61. The van der Waals surface area contributed by atoms with Gasteiger partial charge in [-0.05, 0) is 35.7 Å². The van der Waals surface area contributed by atoms with Crippen molar-refractivity contribution >= 4 is 32.8 Å². The van der Waals surface area contributed by atoms with Crippen LogP contribution in [0.1, 0.15) is 35.8 Å². The first kappa shape index (κ1) is 20.2. The zero-order valence-corrected chi connectivity index (χ0v) is 17.8. The Bertz CT molecular complexity index is 1080. The lowest BCUT2D eigenvalue weighted by Gasteiger charge is -2.16. The summed E-state index contributed by atoms with van der Waals surface area (Å²) in [5.41, 5.74) is 3.21. The molecule has 0 saturated carbocycles. The van der Waals surface area contributed by atoms with E-state index in [-0.39, 0.29) is 10.8 Å². The molecule has 0 aliphatic heterocycles. The molecule has 0 radical (unpaired) electrons. The minimum Gasteiger partial charge on any atom is -0.310 e. The normalized spacial score (nSPS) is 11.6. The monoisotopic (exact) mass is 414 g/mol. The lowest BCUT2D eigenvalue weighted by atomic mass is 10.0. The highest BCUT2D eigenvalue weighted by molar-refractivity contribution is 7.90. The van der Waals surface area contributed by atoms with Gasteiger partial charge < -0.3 is 4.90 Å². The summed E-state index contributed by atoms with van der Waals surface area (Å²) in [7, 11) is -1.62. The third-order valence-corrected chi connectivity index (χ3v) is 6.52. The van der Waals surface area contributed by atoms with Crippen molar-refractivity contribution in [3.63, 3.8) is 0 Å². The van der Waals surface area contributed by atoms with Crippen LogP contribution in [-0.2, 0) is 9.84 Å². The number of nitrogens with zero attached hydrogens (tertiary/aromatic N) is 2. The lowest BCUT2D eigenvalue weighted by molar-refractivity contribution is 0.0989. The Morgan fingerprint density at radius 1 is 1.04 bits per heavy atom. The molecule has 28 heavy (non-hydrogen) atoms. The average molecular weight is 415 g/mol. The summed E-state index contributed by atoms with van der Waals surface area (Å²) in [6.07, 6.45) is 1.15.